The molecule has 1 amide bonds. The second-order valence-corrected chi connectivity index (χ2v) is 7.01. The van der Waals surface area contributed by atoms with Crippen molar-refractivity contribution in [3.63, 3.8) is 0 Å². The van der Waals surface area contributed by atoms with Crippen molar-refractivity contribution in [1.29, 1.82) is 0 Å². The summed E-state index contributed by atoms with van der Waals surface area (Å²) in [5.74, 6) is 0.893. The lowest BCUT2D eigenvalue weighted by molar-refractivity contribution is -0.137. The molecule has 3 aromatic rings. The number of anilines is 1. The van der Waals surface area contributed by atoms with Crippen LogP contribution in [0, 0.1) is 0 Å². The van der Waals surface area contributed by atoms with Crippen LogP contribution in [0.5, 0.6) is 11.5 Å². The van der Waals surface area contributed by atoms with Crippen LogP contribution in [0.3, 0.4) is 0 Å². The molecule has 4 rings (SSSR count). The second kappa shape index (κ2) is 7.93. The number of carbonyl (C=O) groups excluding carboxylic acids is 1. The summed E-state index contributed by atoms with van der Waals surface area (Å²) in [7, 11) is 3.04. The van der Waals surface area contributed by atoms with Crippen molar-refractivity contribution in [3.8, 4) is 23.0 Å². The van der Waals surface area contributed by atoms with Gasteiger partial charge in [-0.15, -0.1) is 0 Å². The van der Waals surface area contributed by atoms with Crippen molar-refractivity contribution in [2.45, 2.75) is 18.5 Å². The van der Waals surface area contributed by atoms with Crippen molar-refractivity contribution in [2.24, 2.45) is 0 Å². The van der Waals surface area contributed by atoms with Crippen molar-refractivity contribution >= 4 is 11.6 Å². The van der Waals surface area contributed by atoms with Crippen LogP contribution >= 0.6 is 0 Å². The van der Waals surface area contributed by atoms with Gasteiger partial charge in [-0.05, 0) is 30.3 Å². The van der Waals surface area contributed by atoms with E-state index >= 15 is 0 Å². The molecule has 31 heavy (non-hydrogen) atoms. The Labute approximate surface area is 175 Å². The summed E-state index contributed by atoms with van der Waals surface area (Å²) in [6.07, 6.45) is -4.42. The molecule has 7 nitrogen and oxygen atoms in total. The largest absolute Gasteiger partial charge is 0.497 e. The fourth-order valence-corrected chi connectivity index (χ4v) is 3.43. The molecule has 2 aromatic carbocycles. The second-order valence-electron chi connectivity index (χ2n) is 7.01. The molecular formula is C21H18F3N3O4. The van der Waals surface area contributed by atoms with Crippen molar-refractivity contribution in [1.82, 2.24) is 10.1 Å². The van der Waals surface area contributed by atoms with E-state index < -0.39 is 17.7 Å². The number of aromatic nitrogens is 2. The lowest BCUT2D eigenvalue weighted by Crippen LogP contribution is -2.24. The molecule has 1 saturated heterocycles. The Bertz CT molecular complexity index is 1090. The predicted octanol–water partition coefficient (Wildman–Crippen LogP) is 4.29. The Morgan fingerprint density at radius 3 is 2.45 bits per heavy atom. The van der Waals surface area contributed by atoms with Gasteiger partial charge in [0.05, 0.1) is 19.8 Å². The lowest BCUT2D eigenvalue weighted by Gasteiger charge is -2.18. The van der Waals surface area contributed by atoms with Crippen molar-refractivity contribution < 1.29 is 32.0 Å². The number of methoxy groups -OCH3 is 2. The lowest BCUT2D eigenvalue weighted by atomic mass is 10.1. The summed E-state index contributed by atoms with van der Waals surface area (Å²) in [6.45, 7) is 0.153. The van der Waals surface area contributed by atoms with Crippen LogP contribution < -0.4 is 14.4 Å². The number of ether oxygens (including phenoxy) is 2. The van der Waals surface area contributed by atoms with Gasteiger partial charge in [0.25, 0.3) is 5.89 Å². The van der Waals surface area contributed by atoms with Gasteiger partial charge in [0.1, 0.15) is 11.5 Å². The first-order valence-corrected chi connectivity index (χ1v) is 9.33. The van der Waals surface area contributed by atoms with Crippen LogP contribution in [-0.2, 0) is 11.0 Å². The fraction of sp³-hybridized carbons (Fsp3) is 0.286. The molecule has 2 heterocycles. The molecule has 1 aliphatic rings. The van der Waals surface area contributed by atoms with Gasteiger partial charge in [-0.25, -0.2) is 0 Å². The minimum absolute atomic E-state index is 0.0661. The third-order valence-electron chi connectivity index (χ3n) is 5.02. The average molecular weight is 433 g/mol. The van der Waals surface area contributed by atoms with Gasteiger partial charge in [0, 0.05) is 36.2 Å². The number of alkyl halides is 3. The highest BCUT2D eigenvalue weighted by atomic mass is 19.4. The van der Waals surface area contributed by atoms with Crippen LogP contribution in [0.1, 0.15) is 23.7 Å². The SMILES string of the molecule is COc1cc(OC)cc(-c2nc(C3CC(=O)N(c4cccc(C(F)(F)F)c4)C3)no2)c1. The molecule has 1 aliphatic heterocycles. The first-order chi connectivity index (χ1) is 14.8. The molecular weight excluding hydrogens is 415 g/mol. The zero-order valence-corrected chi connectivity index (χ0v) is 16.6. The number of halogens is 3. The molecule has 10 heteroatoms. The molecule has 0 saturated carbocycles. The van der Waals surface area contributed by atoms with E-state index in [0.29, 0.717) is 22.9 Å². The highest BCUT2D eigenvalue weighted by Gasteiger charge is 2.36. The van der Waals surface area contributed by atoms with E-state index in [9.17, 15) is 18.0 Å². The van der Waals surface area contributed by atoms with Gasteiger partial charge in [-0.2, -0.15) is 18.2 Å². The maximum absolute atomic E-state index is 13.0. The van der Waals surface area contributed by atoms with Gasteiger partial charge in [-0.3, -0.25) is 4.79 Å². The number of hydrogen-bond donors (Lipinski definition) is 0. The van der Waals surface area contributed by atoms with Crippen molar-refractivity contribution in [3.05, 3.63) is 53.9 Å². The van der Waals surface area contributed by atoms with Gasteiger partial charge < -0.3 is 18.9 Å². The Kier molecular flexibility index (Phi) is 5.30. The summed E-state index contributed by atoms with van der Waals surface area (Å²) in [4.78, 5) is 18.2. The quantitative estimate of drug-likeness (QED) is 0.597. The van der Waals surface area contributed by atoms with E-state index in [1.807, 2.05) is 0 Å². The molecule has 0 bridgehead atoms. The van der Waals surface area contributed by atoms with Gasteiger partial charge >= 0.3 is 6.18 Å². The molecule has 1 unspecified atom stereocenters. The number of rotatable bonds is 5. The summed E-state index contributed by atoms with van der Waals surface area (Å²) < 4.78 is 54.9. The minimum atomic E-state index is -4.49. The number of hydrogen-bond acceptors (Lipinski definition) is 6. The molecule has 0 radical (unpaired) electrons. The minimum Gasteiger partial charge on any atom is -0.497 e. The van der Waals surface area contributed by atoms with E-state index in [4.69, 9.17) is 14.0 Å². The van der Waals surface area contributed by atoms with Crippen LogP contribution in [0.4, 0.5) is 18.9 Å². The highest BCUT2D eigenvalue weighted by Crippen LogP contribution is 2.36. The average Bonchev–Trinajstić information content (AvgIpc) is 3.40. The zero-order chi connectivity index (χ0) is 22.2. The molecule has 162 valence electrons. The zero-order valence-electron chi connectivity index (χ0n) is 16.6. The first-order valence-electron chi connectivity index (χ1n) is 9.33. The van der Waals surface area contributed by atoms with E-state index in [1.165, 1.54) is 31.3 Å². The Balaban J connectivity index is 1.57. The van der Waals surface area contributed by atoms with Crippen molar-refractivity contribution in [2.75, 3.05) is 25.7 Å². The van der Waals surface area contributed by atoms with E-state index in [-0.39, 0.29) is 30.5 Å². The monoisotopic (exact) mass is 433 g/mol. The van der Waals surface area contributed by atoms with E-state index in [2.05, 4.69) is 10.1 Å². The van der Waals surface area contributed by atoms with E-state index in [0.717, 1.165) is 12.1 Å². The van der Waals surface area contributed by atoms with Gasteiger partial charge in [-0.1, -0.05) is 11.2 Å². The summed E-state index contributed by atoms with van der Waals surface area (Å²) in [6, 6.07) is 9.79. The standard InChI is InChI=1S/C21H18F3N3O4/c1-29-16-6-12(7-17(10-16)30-2)20-25-19(26-31-20)13-8-18(28)27(11-13)15-5-3-4-14(9-15)21(22,23)24/h3-7,9-10,13H,8,11H2,1-2H3. The van der Waals surface area contributed by atoms with Crippen LogP contribution in [0.25, 0.3) is 11.5 Å². The molecule has 0 aliphatic carbocycles. The predicted molar refractivity (Wildman–Crippen MR) is 104 cm³/mol. The molecule has 1 fully saturated rings. The van der Waals surface area contributed by atoms with E-state index in [1.54, 1.807) is 18.2 Å². The Hall–Kier alpha value is -3.56. The number of amides is 1. The van der Waals surface area contributed by atoms with Gasteiger partial charge in [0.2, 0.25) is 5.91 Å². The number of benzene rings is 2. The summed E-state index contributed by atoms with van der Waals surface area (Å²) in [5.41, 5.74) is -0.0485. The van der Waals surface area contributed by atoms with Crippen LogP contribution in [0.15, 0.2) is 47.0 Å². The number of nitrogens with zero attached hydrogens (tertiary/aromatic N) is 3. The van der Waals surface area contributed by atoms with Gasteiger partial charge in [0.15, 0.2) is 5.82 Å². The maximum atomic E-state index is 13.0. The third-order valence-corrected chi connectivity index (χ3v) is 5.02. The molecule has 0 N–H and O–H groups in total. The normalized spacial score (nSPS) is 16.6. The molecule has 0 spiro atoms. The highest BCUT2D eigenvalue weighted by molar-refractivity contribution is 5.96. The molecule has 1 aromatic heterocycles. The summed E-state index contributed by atoms with van der Waals surface area (Å²) >= 11 is 0. The topological polar surface area (TPSA) is 77.7 Å². The first kappa shape index (κ1) is 20.7. The smallest absolute Gasteiger partial charge is 0.416 e. The molecule has 1 atom stereocenters. The van der Waals surface area contributed by atoms with Crippen LogP contribution in [0.2, 0.25) is 0 Å². The van der Waals surface area contributed by atoms with Crippen LogP contribution in [-0.4, -0.2) is 36.8 Å². The third kappa shape index (κ3) is 4.18. The number of carbonyl (C=O) groups is 1. The Morgan fingerprint density at radius 2 is 1.81 bits per heavy atom. The summed E-state index contributed by atoms with van der Waals surface area (Å²) in [5, 5.41) is 3.98. The Morgan fingerprint density at radius 1 is 1.10 bits per heavy atom. The fourth-order valence-electron chi connectivity index (χ4n) is 3.43. The maximum Gasteiger partial charge on any atom is 0.416 e.